The minimum atomic E-state index is 0.613. The number of rotatable bonds is 3. The molecule has 1 aromatic carbocycles. The van der Waals surface area contributed by atoms with Gasteiger partial charge in [-0.2, -0.15) is 0 Å². The summed E-state index contributed by atoms with van der Waals surface area (Å²) in [5.41, 5.74) is 6.77. The van der Waals surface area contributed by atoms with Gasteiger partial charge in [0.05, 0.1) is 6.54 Å². The van der Waals surface area contributed by atoms with Gasteiger partial charge in [-0.25, -0.2) is 9.97 Å². The number of hydrogen-bond acceptors (Lipinski definition) is 4. The standard InChI is InChI=1S/C14H14BrN5/c1-20-6-5-17-12(20)8-19-14-9-3-2-4-11(16)13(9)10(15)7-18-14/h2-7H,8,16H2,1H3,(H,18,19). The molecule has 3 N–H and O–H groups in total. The lowest BCUT2D eigenvalue weighted by Gasteiger charge is -2.11. The normalized spacial score (nSPS) is 10.9. The Kier molecular flexibility index (Phi) is 3.31. The van der Waals surface area contributed by atoms with E-state index in [2.05, 4.69) is 31.2 Å². The van der Waals surface area contributed by atoms with Crippen LogP contribution in [0.4, 0.5) is 11.5 Å². The number of hydrogen-bond donors (Lipinski definition) is 2. The molecule has 6 heteroatoms. The molecule has 3 rings (SSSR count). The fourth-order valence-corrected chi connectivity index (χ4v) is 2.70. The quantitative estimate of drug-likeness (QED) is 0.724. The molecule has 0 amide bonds. The second kappa shape index (κ2) is 5.13. The first kappa shape index (κ1) is 12.9. The molecule has 3 aromatic rings. The maximum Gasteiger partial charge on any atom is 0.134 e. The van der Waals surface area contributed by atoms with Crippen molar-refractivity contribution in [2.75, 3.05) is 11.1 Å². The zero-order chi connectivity index (χ0) is 14.1. The number of nitrogen functional groups attached to an aromatic ring is 1. The number of nitrogens with one attached hydrogen (secondary N) is 1. The van der Waals surface area contributed by atoms with Crippen LogP contribution in [-0.4, -0.2) is 14.5 Å². The van der Waals surface area contributed by atoms with Crippen molar-refractivity contribution < 1.29 is 0 Å². The zero-order valence-corrected chi connectivity index (χ0v) is 12.6. The van der Waals surface area contributed by atoms with E-state index in [0.29, 0.717) is 6.54 Å². The third kappa shape index (κ3) is 2.22. The van der Waals surface area contributed by atoms with Crippen LogP contribution in [0, 0.1) is 0 Å². The summed E-state index contributed by atoms with van der Waals surface area (Å²) in [7, 11) is 1.97. The van der Waals surface area contributed by atoms with Crippen molar-refractivity contribution in [2.24, 2.45) is 7.05 Å². The number of imidazole rings is 1. The van der Waals surface area contributed by atoms with Gasteiger partial charge in [-0.15, -0.1) is 0 Å². The average molecular weight is 332 g/mol. The Balaban J connectivity index is 1.98. The number of aromatic nitrogens is 3. The Morgan fingerprint density at radius 1 is 1.35 bits per heavy atom. The van der Waals surface area contributed by atoms with E-state index >= 15 is 0 Å². The van der Waals surface area contributed by atoms with Gasteiger partial charge in [0.1, 0.15) is 11.6 Å². The minimum absolute atomic E-state index is 0.613. The van der Waals surface area contributed by atoms with Gasteiger partial charge in [-0.05, 0) is 22.0 Å². The van der Waals surface area contributed by atoms with Crippen molar-refractivity contribution in [3.8, 4) is 0 Å². The van der Waals surface area contributed by atoms with Crippen molar-refractivity contribution in [3.05, 3.63) is 47.1 Å². The Morgan fingerprint density at radius 2 is 2.20 bits per heavy atom. The van der Waals surface area contributed by atoms with Gasteiger partial charge in [0.15, 0.2) is 0 Å². The number of benzene rings is 1. The van der Waals surface area contributed by atoms with E-state index in [9.17, 15) is 0 Å². The molecular weight excluding hydrogens is 318 g/mol. The fourth-order valence-electron chi connectivity index (χ4n) is 2.16. The number of anilines is 2. The highest BCUT2D eigenvalue weighted by molar-refractivity contribution is 9.10. The van der Waals surface area contributed by atoms with Crippen molar-refractivity contribution >= 4 is 38.2 Å². The van der Waals surface area contributed by atoms with E-state index in [0.717, 1.165) is 32.6 Å². The van der Waals surface area contributed by atoms with Gasteiger partial charge in [0, 0.05) is 46.6 Å². The molecule has 20 heavy (non-hydrogen) atoms. The van der Waals surface area contributed by atoms with Gasteiger partial charge in [-0.1, -0.05) is 12.1 Å². The summed E-state index contributed by atoms with van der Waals surface area (Å²) in [6.45, 7) is 0.613. The highest BCUT2D eigenvalue weighted by Crippen LogP contribution is 2.32. The molecule has 0 bridgehead atoms. The second-order valence-electron chi connectivity index (χ2n) is 4.53. The Labute approximate surface area is 125 Å². The highest BCUT2D eigenvalue weighted by atomic mass is 79.9. The van der Waals surface area contributed by atoms with E-state index in [1.54, 1.807) is 12.4 Å². The molecule has 5 nitrogen and oxygen atoms in total. The lowest BCUT2D eigenvalue weighted by molar-refractivity contribution is 0.811. The van der Waals surface area contributed by atoms with Crippen LogP contribution in [0.2, 0.25) is 0 Å². The molecular formula is C14H14BrN5. The fraction of sp³-hybridized carbons (Fsp3) is 0.143. The monoisotopic (exact) mass is 331 g/mol. The number of pyridine rings is 1. The summed E-state index contributed by atoms with van der Waals surface area (Å²) in [6.07, 6.45) is 5.46. The zero-order valence-electron chi connectivity index (χ0n) is 11.0. The molecule has 0 saturated heterocycles. The highest BCUT2D eigenvalue weighted by Gasteiger charge is 2.09. The molecule has 0 unspecified atom stereocenters. The third-order valence-corrected chi connectivity index (χ3v) is 3.83. The summed E-state index contributed by atoms with van der Waals surface area (Å²) >= 11 is 3.50. The molecule has 0 spiro atoms. The van der Waals surface area contributed by atoms with Gasteiger partial charge < -0.3 is 15.6 Å². The summed E-state index contributed by atoms with van der Waals surface area (Å²) < 4.78 is 2.87. The lowest BCUT2D eigenvalue weighted by atomic mass is 10.1. The average Bonchev–Trinajstić information content (AvgIpc) is 2.84. The van der Waals surface area contributed by atoms with Crippen LogP contribution in [-0.2, 0) is 13.6 Å². The number of nitrogens with zero attached hydrogens (tertiary/aromatic N) is 3. The van der Waals surface area contributed by atoms with Crippen LogP contribution in [0.1, 0.15) is 5.82 Å². The molecule has 102 valence electrons. The molecule has 0 aliphatic heterocycles. The molecule has 2 aromatic heterocycles. The Bertz CT molecular complexity index is 757. The van der Waals surface area contributed by atoms with E-state index in [4.69, 9.17) is 5.73 Å². The van der Waals surface area contributed by atoms with E-state index in [1.165, 1.54) is 0 Å². The molecule has 0 atom stereocenters. The molecule has 0 saturated carbocycles. The van der Waals surface area contributed by atoms with Crippen LogP contribution in [0.15, 0.2) is 41.3 Å². The molecule has 0 aliphatic carbocycles. The minimum Gasteiger partial charge on any atom is -0.398 e. The summed E-state index contributed by atoms with van der Waals surface area (Å²) in [5.74, 6) is 1.75. The first-order valence-corrected chi connectivity index (χ1v) is 6.99. The predicted octanol–water partition coefficient (Wildman–Crippen LogP) is 2.93. The largest absolute Gasteiger partial charge is 0.398 e. The number of aryl methyl sites for hydroxylation is 1. The van der Waals surface area contributed by atoms with Crippen molar-refractivity contribution in [2.45, 2.75) is 6.54 Å². The predicted molar refractivity (Wildman–Crippen MR) is 84.4 cm³/mol. The summed E-state index contributed by atoms with van der Waals surface area (Å²) in [6, 6.07) is 5.82. The van der Waals surface area contributed by atoms with Crippen molar-refractivity contribution in [3.63, 3.8) is 0 Å². The van der Waals surface area contributed by atoms with Crippen LogP contribution in [0.3, 0.4) is 0 Å². The molecule has 2 heterocycles. The van der Waals surface area contributed by atoms with Gasteiger partial charge >= 0.3 is 0 Å². The SMILES string of the molecule is Cn1ccnc1CNc1ncc(Br)c2c(N)cccc12. The van der Waals surface area contributed by atoms with Crippen molar-refractivity contribution in [1.82, 2.24) is 14.5 Å². The molecule has 0 aliphatic rings. The second-order valence-corrected chi connectivity index (χ2v) is 5.39. The number of fused-ring (bicyclic) bond motifs is 1. The Hall–Kier alpha value is -2.08. The van der Waals surface area contributed by atoms with E-state index < -0.39 is 0 Å². The first-order valence-electron chi connectivity index (χ1n) is 6.19. The van der Waals surface area contributed by atoms with Gasteiger partial charge in [-0.3, -0.25) is 0 Å². The van der Waals surface area contributed by atoms with E-state index in [-0.39, 0.29) is 0 Å². The number of halogens is 1. The summed E-state index contributed by atoms with van der Waals surface area (Å²) in [4.78, 5) is 8.71. The maximum absolute atomic E-state index is 6.04. The van der Waals surface area contributed by atoms with Crippen LogP contribution in [0.25, 0.3) is 10.8 Å². The first-order chi connectivity index (χ1) is 9.66. The Morgan fingerprint density at radius 3 is 2.95 bits per heavy atom. The van der Waals surface area contributed by atoms with Crippen LogP contribution in [0.5, 0.6) is 0 Å². The van der Waals surface area contributed by atoms with Crippen molar-refractivity contribution in [1.29, 1.82) is 0 Å². The van der Waals surface area contributed by atoms with Crippen LogP contribution < -0.4 is 11.1 Å². The van der Waals surface area contributed by atoms with Gasteiger partial charge in [0.25, 0.3) is 0 Å². The molecule has 0 radical (unpaired) electrons. The maximum atomic E-state index is 6.04. The van der Waals surface area contributed by atoms with E-state index in [1.807, 2.05) is 36.0 Å². The third-order valence-electron chi connectivity index (χ3n) is 3.23. The number of nitrogens with two attached hydrogens (primary N) is 1. The van der Waals surface area contributed by atoms with Gasteiger partial charge in [0.2, 0.25) is 0 Å². The van der Waals surface area contributed by atoms with Crippen LogP contribution >= 0.6 is 15.9 Å². The summed E-state index contributed by atoms with van der Waals surface area (Å²) in [5, 5.41) is 5.29. The topological polar surface area (TPSA) is 68.8 Å². The lowest BCUT2D eigenvalue weighted by Crippen LogP contribution is -2.07. The smallest absolute Gasteiger partial charge is 0.134 e. The molecule has 0 fully saturated rings.